The molecule has 0 atom stereocenters. The Balaban J connectivity index is 2.00. The third kappa shape index (κ3) is 2.37. The van der Waals surface area contributed by atoms with E-state index in [1.807, 2.05) is 18.2 Å². The second kappa shape index (κ2) is 5.04. The van der Waals surface area contributed by atoms with Crippen LogP contribution in [0, 0.1) is 0 Å². The first-order chi connectivity index (χ1) is 9.60. The first-order valence-corrected chi connectivity index (χ1v) is 6.96. The van der Waals surface area contributed by atoms with Crippen LogP contribution in [0.15, 0.2) is 30.3 Å². The van der Waals surface area contributed by atoms with Gasteiger partial charge in [0.05, 0.1) is 30.9 Å². The maximum atomic E-state index is 9.18. The molecular weight excluding hydrogens is 252 g/mol. The fraction of sp³-hybridized carbons (Fsp3) is 0.438. The molecule has 106 valence electrons. The van der Waals surface area contributed by atoms with Crippen molar-refractivity contribution in [1.82, 2.24) is 4.98 Å². The molecule has 0 aliphatic carbocycles. The van der Waals surface area contributed by atoms with Crippen molar-refractivity contribution in [2.45, 2.75) is 26.0 Å². The van der Waals surface area contributed by atoms with Crippen LogP contribution in [0.1, 0.15) is 19.4 Å². The van der Waals surface area contributed by atoms with E-state index >= 15 is 0 Å². The number of morpholine rings is 1. The molecule has 1 aliphatic heterocycles. The minimum atomic E-state index is -0.0377. The van der Waals surface area contributed by atoms with Gasteiger partial charge in [-0.05, 0) is 43.7 Å². The quantitative estimate of drug-likeness (QED) is 0.911. The number of aliphatic hydroxyl groups excluding tert-OH is 1. The molecular formula is C16H20N2O2. The summed E-state index contributed by atoms with van der Waals surface area (Å²) < 4.78 is 5.56. The highest BCUT2D eigenvalue weighted by Gasteiger charge is 2.31. The van der Waals surface area contributed by atoms with Gasteiger partial charge in [-0.15, -0.1) is 0 Å². The van der Waals surface area contributed by atoms with E-state index in [1.165, 1.54) is 0 Å². The molecule has 0 spiro atoms. The van der Waals surface area contributed by atoms with E-state index in [0.717, 1.165) is 42.0 Å². The molecule has 0 unspecified atom stereocenters. The third-order valence-corrected chi connectivity index (χ3v) is 3.84. The van der Waals surface area contributed by atoms with Crippen LogP contribution in [0.2, 0.25) is 0 Å². The molecule has 20 heavy (non-hydrogen) atoms. The van der Waals surface area contributed by atoms with Crippen molar-refractivity contribution < 1.29 is 9.84 Å². The number of benzene rings is 1. The normalized spacial score (nSPS) is 18.4. The fourth-order valence-electron chi connectivity index (χ4n) is 2.70. The third-order valence-electron chi connectivity index (χ3n) is 3.84. The molecule has 0 radical (unpaired) electrons. The Labute approximate surface area is 119 Å². The van der Waals surface area contributed by atoms with Crippen molar-refractivity contribution in [2.24, 2.45) is 0 Å². The summed E-state index contributed by atoms with van der Waals surface area (Å²) in [6.45, 7) is 6.73. The molecule has 1 aromatic carbocycles. The largest absolute Gasteiger partial charge is 0.392 e. The lowest BCUT2D eigenvalue weighted by Crippen LogP contribution is -2.53. The van der Waals surface area contributed by atoms with Gasteiger partial charge in [0, 0.05) is 11.9 Å². The maximum absolute atomic E-state index is 9.18. The maximum Gasteiger partial charge on any atom is 0.129 e. The molecule has 0 amide bonds. The SMILES string of the molecule is CC1(C)COCCN1c1ccc2cc(CO)ccc2n1. The first-order valence-electron chi connectivity index (χ1n) is 6.96. The van der Waals surface area contributed by atoms with Crippen LogP contribution in [0.25, 0.3) is 10.9 Å². The van der Waals surface area contributed by atoms with Crippen LogP contribution in [0.5, 0.6) is 0 Å². The van der Waals surface area contributed by atoms with Gasteiger partial charge in [0.25, 0.3) is 0 Å². The zero-order valence-electron chi connectivity index (χ0n) is 12.0. The molecule has 4 heteroatoms. The van der Waals surface area contributed by atoms with Crippen molar-refractivity contribution in [3.63, 3.8) is 0 Å². The highest BCUT2D eigenvalue weighted by atomic mass is 16.5. The van der Waals surface area contributed by atoms with Crippen LogP contribution >= 0.6 is 0 Å². The molecule has 1 saturated heterocycles. The van der Waals surface area contributed by atoms with Crippen molar-refractivity contribution in [1.29, 1.82) is 0 Å². The van der Waals surface area contributed by atoms with E-state index in [2.05, 4.69) is 30.9 Å². The summed E-state index contributed by atoms with van der Waals surface area (Å²) in [5.74, 6) is 0.988. The van der Waals surface area contributed by atoms with Crippen molar-refractivity contribution in [2.75, 3.05) is 24.7 Å². The lowest BCUT2D eigenvalue weighted by atomic mass is 10.0. The topological polar surface area (TPSA) is 45.6 Å². The van der Waals surface area contributed by atoms with E-state index in [1.54, 1.807) is 0 Å². The van der Waals surface area contributed by atoms with Gasteiger partial charge in [0.1, 0.15) is 5.82 Å². The van der Waals surface area contributed by atoms with Gasteiger partial charge in [0.15, 0.2) is 0 Å². The molecule has 3 rings (SSSR count). The number of aromatic nitrogens is 1. The molecule has 1 aliphatic rings. The number of ether oxygens (including phenoxy) is 1. The molecule has 2 aromatic rings. The number of fused-ring (bicyclic) bond motifs is 1. The number of nitrogens with zero attached hydrogens (tertiary/aromatic N) is 2. The smallest absolute Gasteiger partial charge is 0.129 e. The monoisotopic (exact) mass is 272 g/mol. The summed E-state index contributed by atoms with van der Waals surface area (Å²) in [5.41, 5.74) is 1.84. The van der Waals surface area contributed by atoms with E-state index in [4.69, 9.17) is 9.72 Å². The standard InChI is InChI=1S/C16H20N2O2/c1-16(2)11-20-8-7-18(16)15-6-4-13-9-12(10-19)3-5-14(13)17-15/h3-6,9,19H,7-8,10-11H2,1-2H3. The molecule has 1 aromatic heterocycles. The summed E-state index contributed by atoms with van der Waals surface area (Å²) >= 11 is 0. The minimum absolute atomic E-state index is 0.0377. The summed E-state index contributed by atoms with van der Waals surface area (Å²) in [5, 5.41) is 10.2. The Kier molecular flexibility index (Phi) is 3.36. The van der Waals surface area contributed by atoms with Gasteiger partial charge >= 0.3 is 0 Å². The highest BCUT2D eigenvalue weighted by molar-refractivity contribution is 5.81. The van der Waals surface area contributed by atoms with Crippen LogP contribution < -0.4 is 4.90 Å². The van der Waals surface area contributed by atoms with Gasteiger partial charge in [-0.3, -0.25) is 0 Å². The van der Waals surface area contributed by atoms with Gasteiger partial charge < -0.3 is 14.7 Å². The van der Waals surface area contributed by atoms with Crippen LogP contribution in [-0.4, -0.2) is 35.4 Å². The average molecular weight is 272 g/mol. The fourth-order valence-corrected chi connectivity index (χ4v) is 2.70. The second-order valence-corrected chi connectivity index (χ2v) is 5.87. The molecule has 0 bridgehead atoms. The van der Waals surface area contributed by atoms with Gasteiger partial charge in [-0.2, -0.15) is 0 Å². The van der Waals surface area contributed by atoms with Crippen molar-refractivity contribution >= 4 is 16.7 Å². The van der Waals surface area contributed by atoms with E-state index in [9.17, 15) is 5.11 Å². The number of hydrogen-bond donors (Lipinski definition) is 1. The Hall–Kier alpha value is -1.65. The average Bonchev–Trinajstić information content (AvgIpc) is 2.45. The highest BCUT2D eigenvalue weighted by Crippen LogP contribution is 2.27. The summed E-state index contributed by atoms with van der Waals surface area (Å²) in [4.78, 5) is 7.06. The predicted octanol–water partition coefficient (Wildman–Crippen LogP) is 2.34. The first kappa shape index (κ1) is 13.3. The van der Waals surface area contributed by atoms with E-state index < -0.39 is 0 Å². The number of anilines is 1. The predicted molar refractivity (Wildman–Crippen MR) is 79.9 cm³/mol. The molecule has 1 N–H and O–H groups in total. The Morgan fingerprint density at radius 3 is 2.90 bits per heavy atom. The Morgan fingerprint density at radius 2 is 2.15 bits per heavy atom. The lowest BCUT2D eigenvalue weighted by Gasteiger charge is -2.43. The van der Waals surface area contributed by atoms with Gasteiger partial charge in [-0.1, -0.05) is 6.07 Å². The minimum Gasteiger partial charge on any atom is -0.392 e. The molecule has 4 nitrogen and oxygen atoms in total. The summed E-state index contributed by atoms with van der Waals surface area (Å²) in [7, 11) is 0. The zero-order chi connectivity index (χ0) is 14.2. The molecule has 2 heterocycles. The number of hydrogen-bond acceptors (Lipinski definition) is 4. The van der Waals surface area contributed by atoms with E-state index in [-0.39, 0.29) is 12.1 Å². The number of rotatable bonds is 2. The number of pyridine rings is 1. The van der Waals surface area contributed by atoms with Crippen LogP contribution in [-0.2, 0) is 11.3 Å². The van der Waals surface area contributed by atoms with Crippen LogP contribution in [0.4, 0.5) is 5.82 Å². The van der Waals surface area contributed by atoms with Crippen LogP contribution in [0.3, 0.4) is 0 Å². The van der Waals surface area contributed by atoms with Crippen molar-refractivity contribution in [3.05, 3.63) is 35.9 Å². The zero-order valence-corrected chi connectivity index (χ0v) is 12.0. The number of aliphatic hydroxyl groups is 1. The van der Waals surface area contributed by atoms with Crippen molar-refractivity contribution in [3.8, 4) is 0 Å². The lowest BCUT2D eigenvalue weighted by molar-refractivity contribution is 0.0639. The van der Waals surface area contributed by atoms with E-state index in [0.29, 0.717) is 0 Å². The molecule has 0 saturated carbocycles. The summed E-state index contributed by atoms with van der Waals surface area (Å²) in [6, 6.07) is 10.00. The van der Waals surface area contributed by atoms with Gasteiger partial charge in [0.2, 0.25) is 0 Å². The summed E-state index contributed by atoms with van der Waals surface area (Å²) in [6.07, 6.45) is 0. The second-order valence-electron chi connectivity index (χ2n) is 5.87. The Bertz CT molecular complexity index is 625. The Morgan fingerprint density at radius 1 is 1.30 bits per heavy atom. The molecule has 1 fully saturated rings. The van der Waals surface area contributed by atoms with Gasteiger partial charge in [-0.25, -0.2) is 4.98 Å².